The van der Waals surface area contributed by atoms with Crippen molar-refractivity contribution >= 4 is 55.7 Å². The van der Waals surface area contributed by atoms with Crippen LogP contribution in [0.25, 0.3) is 32.8 Å². The van der Waals surface area contributed by atoms with Crippen molar-refractivity contribution in [2.75, 3.05) is 24.5 Å². The zero-order chi connectivity index (χ0) is 24.9. The second-order valence-electron chi connectivity index (χ2n) is 9.14. The van der Waals surface area contributed by atoms with Crippen molar-refractivity contribution in [2.45, 2.75) is 19.9 Å². The monoisotopic (exact) mass is 509 g/mol. The topological polar surface area (TPSA) is 56.7 Å². The number of fused-ring (bicyclic) bond motifs is 2. The molecular formula is C27H25ClFN3O2S. The number of aromatic nitrogens is 1. The summed E-state index contributed by atoms with van der Waals surface area (Å²) in [5, 5.41) is 13.6. The Morgan fingerprint density at radius 1 is 1.26 bits per heavy atom. The second kappa shape index (κ2) is 9.13. The number of piperazine rings is 1. The van der Waals surface area contributed by atoms with Gasteiger partial charge in [0.2, 0.25) is 5.91 Å². The van der Waals surface area contributed by atoms with E-state index < -0.39 is 5.82 Å². The van der Waals surface area contributed by atoms with Crippen molar-refractivity contribution in [3.63, 3.8) is 0 Å². The molecule has 1 aliphatic heterocycles. The molecule has 0 radical (unpaired) electrons. The number of amides is 1. The minimum atomic E-state index is -0.507. The van der Waals surface area contributed by atoms with Crippen LogP contribution >= 0.6 is 23.1 Å². The van der Waals surface area contributed by atoms with E-state index in [4.69, 9.17) is 11.6 Å². The number of hydrogen-bond donors (Lipinski definition) is 1. The SMILES string of the molecule is C=CC(=O)N1CCN(c2snc3c(F)c(-c4cc(O)cc5ccccc45)c(Cl)cc23)[C@H](C(C)C)C1. The standard InChI is InChI=1S/C27H25ClFN3O2S/c1-4-23(34)31-9-10-32(22(14-31)15(2)3)27-20-13-21(28)24(25(29)26(20)30-35-27)19-12-17(33)11-16-7-5-6-8-18(16)19/h4-8,11-13,15,22,33H,1,9-10,14H2,2-3H3/t22-/m0/s1. The highest BCUT2D eigenvalue weighted by atomic mass is 35.5. The van der Waals surface area contributed by atoms with Gasteiger partial charge in [0.05, 0.1) is 5.02 Å². The minimum absolute atomic E-state index is 0.0416. The predicted molar refractivity (Wildman–Crippen MR) is 142 cm³/mol. The van der Waals surface area contributed by atoms with Gasteiger partial charge < -0.3 is 14.9 Å². The Morgan fingerprint density at radius 2 is 2.03 bits per heavy atom. The first-order chi connectivity index (χ1) is 16.8. The molecule has 5 nitrogen and oxygen atoms in total. The summed E-state index contributed by atoms with van der Waals surface area (Å²) in [6.45, 7) is 9.56. The molecule has 5 rings (SSSR count). The van der Waals surface area contributed by atoms with Crippen LogP contribution in [0.15, 0.2) is 55.1 Å². The number of nitrogens with zero attached hydrogens (tertiary/aromatic N) is 3. The summed E-state index contributed by atoms with van der Waals surface area (Å²) in [6.07, 6.45) is 1.34. The highest BCUT2D eigenvalue weighted by Crippen LogP contribution is 2.44. The van der Waals surface area contributed by atoms with Gasteiger partial charge in [-0.1, -0.05) is 56.3 Å². The van der Waals surface area contributed by atoms with E-state index in [1.807, 2.05) is 24.3 Å². The van der Waals surface area contributed by atoms with E-state index in [1.54, 1.807) is 17.0 Å². The summed E-state index contributed by atoms with van der Waals surface area (Å²) in [4.78, 5) is 16.2. The van der Waals surface area contributed by atoms with Crippen LogP contribution in [0, 0.1) is 11.7 Å². The van der Waals surface area contributed by atoms with Crippen molar-refractivity contribution in [3.05, 3.63) is 66.0 Å². The Morgan fingerprint density at radius 3 is 2.77 bits per heavy atom. The zero-order valence-electron chi connectivity index (χ0n) is 19.5. The van der Waals surface area contributed by atoms with Gasteiger partial charge in [0, 0.05) is 36.6 Å². The molecule has 0 saturated carbocycles. The summed E-state index contributed by atoms with van der Waals surface area (Å²) in [6, 6.07) is 12.5. The van der Waals surface area contributed by atoms with E-state index in [0.717, 1.165) is 15.8 Å². The quantitative estimate of drug-likeness (QED) is 0.320. The fourth-order valence-electron chi connectivity index (χ4n) is 4.92. The van der Waals surface area contributed by atoms with Crippen LogP contribution < -0.4 is 4.90 Å². The molecule has 1 N–H and O–H groups in total. The molecule has 35 heavy (non-hydrogen) atoms. The number of hydrogen-bond acceptors (Lipinski definition) is 5. The van der Waals surface area contributed by atoms with Gasteiger partial charge in [0.25, 0.3) is 0 Å². The van der Waals surface area contributed by atoms with Crippen molar-refractivity contribution < 1.29 is 14.3 Å². The average Bonchev–Trinajstić information content (AvgIpc) is 3.26. The zero-order valence-corrected chi connectivity index (χ0v) is 21.0. The Balaban J connectivity index is 1.63. The van der Waals surface area contributed by atoms with Gasteiger partial charge in [-0.3, -0.25) is 4.79 Å². The summed E-state index contributed by atoms with van der Waals surface area (Å²) in [7, 11) is 0. The molecule has 4 aromatic rings. The van der Waals surface area contributed by atoms with Gasteiger partial charge in [-0.05, 0) is 58.1 Å². The number of carbonyl (C=O) groups excluding carboxylic acids is 1. The first-order valence-electron chi connectivity index (χ1n) is 11.5. The molecule has 3 aromatic carbocycles. The molecule has 0 unspecified atom stereocenters. The maximum Gasteiger partial charge on any atom is 0.246 e. The first-order valence-corrected chi connectivity index (χ1v) is 12.6. The average molecular weight is 510 g/mol. The Bertz CT molecular complexity index is 1470. The Labute approximate surface area is 212 Å². The highest BCUT2D eigenvalue weighted by Gasteiger charge is 2.33. The van der Waals surface area contributed by atoms with Crippen LogP contribution in [-0.2, 0) is 4.79 Å². The number of aromatic hydroxyl groups is 1. The predicted octanol–water partition coefficient (Wildman–Crippen LogP) is 6.47. The normalized spacial score (nSPS) is 16.4. The van der Waals surface area contributed by atoms with Crippen LogP contribution in [0.1, 0.15) is 13.8 Å². The molecule has 8 heteroatoms. The lowest BCUT2D eigenvalue weighted by Gasteiger charge is -2.43. The second-order valence-corrected chi connectivity index (χ2v) is 10.3. The fraction of sp³-hybridized carbons (Fsp3) is 0.259. The summed E-state index contributed by atoms with van der Waals surface area (Å²) in [5.41, 5.74) is 1.00. The lowest BCUT2D eigenvalue weighted by Crippen LogP contribution is -2.56. The third-order valence-corrected chi connectivity index (χ3v) is 7.90. The first kappa shape index (κ1) is 23.6. The van der Waals surface area contributed by atoms with E-state index in [0.29, 0.717) is 30.6 Å². The van der Waals surface area contributed by atoms with Crippen LogP contribution in [0.3, 0.4) is 0 Å². The van der Waals surface area contributed by atoms with E-state index in [2.05, 4.69) is 29.7 Å². The fourth-order valence-corrected chi connectivity index (χ4v) is 6.15. The molecule has 2 heterocycles. The lowest BCUT2D eigenvalue weighted by molar-refractivity contribution is -0.126. The number of anilines is 1. The lowest BCUT2D eigenvalue weighted by atomic mass is 9.96. The summed E-state index contributed by atoms with van der Waals surface area (Å²) in [5.74, 6) is -0.292. The molecule has 1 atom stereocenters. The Kier molecular flexibility index (Phi) is 6.15. The van der Waals surface area contributed by atoms with Crippen molar-refractivity contribution in [3.8, 4) is 16.9 Å². The molecule has 1 aliphatic rings. The largest absolute Gasteiger partial charge is 0.508 e. The maximum absolute atomic E-state index is 16.0. The summed E-state index contributed by atoms with van der Waals surface area (Å²) < 4.78 is 20.5. The van der Waals surface area contributed by atoms with Gasteiger partial charge in [0.1, 0.15) is 16.3 Å². The Hall–Kier alpha value is -3.16. The van der Waals surface area contributed by atoms with Gasteiger partial charge in [-0.25, -0.2) is 4.39 Å². The van der Waals surface area contributed by atoms with Crippen LogP contribution in [-0.4, -0.2) is 46.0 Å². The van der Waals surface area contributed by atoms with Crippen molar-refractivity contribution in [1.29, 1.82) is 0 Å². The molecule has 0 spiro atoms. The maximum atomic E-state index is 16.0. The number of phenols is 1. The van der Waals surface area contributed by atoms with Crippen LogP contribution in [0.4, 0.5) is 9.39 Å². The molecule has 0 aliphatic carbocycles. The van der Waals surface area contributed by atoms with Gasteiger partial charge >= 0.3 is 0 Å². The van der Waals surface area contributed by atoms with E-state index in [-0.39, 0.29) is 39.7 Å². The molecule has 1 saturated heterocycles. The number of benzene rings is 3. The van der Waals surface area contributed by atoms with E-state index in [1.165, 1.54) is 23.7 Å². The molecule has 180 valence electrons. The highest BCUT2D eigenvalue weighted by molar-refractivity contribution is 7.11. The third kappa shape index (κ3) is 4.02. The van der Waals surface area contributed by atoms with Crippen molar-refractivity contribution in [1.82, 2.24) is 9.27 Å². The van der Waals surface area contributed by atoms with E-state index in [9.17, 15) is 9.90 Å². The number of halogens is 2. The third-order valence-electron chi connectivity index (χ3n) is 6.70. The smallest absolute Gasteiger partial charge is 0.246 e. The number of phenolic OH excluding ortho intramolecular Hbond substituents is 1. The molecule has 1 amide bonds. The van der Waals surface area contributed by atoms with Crippen LogP contribution in [0.5, 0.6) is 5.75 Å². The molecular weight excluding hydrogens is 485 g/mol. The van der Waals surface area contributed by atoms with Gasteiger partial charge in [-0.2, -0.15) is 4.37 Å². The number of rotatable bonds is 4. The van der Waals surface area contributed by atoms with Gasteiger partial charge in [-0.15, -0.1) is 0 Å². The molecule has 0 bridgehead atoms. The minimum Gasteiger partial charge on any atom is -0.508 e. The van der Waals surface area contributed by atoms with Crippen LogP contribution in [0.2, 0.25) is 5.02 Å². The van der Waals surface area contributed by atoms with E-state index >= 15 is 4.39 Å². The summed E-state index contributed by atoms with van der Waals surface area (Å²) >= 11 is 7.96. The van der Waals surface area contributed by atoms with Crippen molar-refractivity contribution in [2.24, 2.45) is 5.92 Å². The molecule has 1 aromatic heterocycles. The molecule has 1 fully saturated rings. The number of carbonyl (C=O) groups is 1. The van der Waals surface area contributed by atoms with Gasteiger partial charge in [0.15, 0.2) is 5.82 Å².